The van der Waals surface area contributed by atoms with E-state index in [-0.39, 0.29) is 12.1 Å². The molecule has 0 aliphatic heterocycles. The standard InChI is InChI=1S/C12H10F4N4O/c1-6-18-10(20-19-6)5-17-11(21)7-2-3-9(13)8(4-7)12(14,15)16/h2-4H,5H2,1H3,(H,17,21)(H,18,19,20). The van der Waals surface area contributed by atoms with Gasteiger partial charge in [0, 0.05) is 5.56 Å². The molecule has 1 amide bonds. The smallest absolute Gasteiger partial charge is 0.345 e. The van der Waals surface area contributed by atoms with Gasteiger partial charge in [-0.1, -0.05) is 0 Å². The number of carbonyl (C=O) groups excluding carboxylic acids is 1. The van der Waals surface area contributed by atoms with Gasteiger partial charge in [0.2, 0.25) is 0 Å². The number of nitrogens with zero attached hydrogens (tertiary/aromatic N) is 2. The van der Waals surface area contributed by atoms with Crippen molar-refractivity contribution in [3.05, 3.63) is 46.8 Å². The van der Waals surface area contributed by atoms with Crippen LogP contribution in [0.15, 0.2) is 18.2 Å². The highest BCUT2D eigenvalue weighted by Crippen LogP contribution is 2.31. The zero-order valence-electron chi connectivity index (χ0n) is 10.8. The number of aryl methyl sites for hydroxylation is 1. The van der Waals surface area contributed by atoms with Gasteiger partial charge in [0.25, 0.3) is 5.91 Å². The van der Waals surface area contributed by atoms with Crippen LogP contribution in [0.4, 0.5) is 17.6 Å². The van der Waals surface area contributed by atoms with Gasteiger partial charge in [0.05, 0.1) is 12.1 Å². The van der Waals surface area contributed by atoms with Crippen LogP contribution < -0.4 is 5.32 Å². The number of amides is 1. The lowest BCUT2D eigenvalue weighted by molar-refractivity contribution is -0.140. The molecule has 0 spiro atoms. The molecule has 21 heavy (non-hydrogen) atoms. The van der Waals surface area contributed by atoms with Gasteiger partial charge < -0.3 is 5.32 Å². The predicted octanol–water partition coefficient (Wildman–Crippen LogP) is 2.20. The number of alkyl halides is 3. The molecule has 2 aromatic rings. The topological polar surface area (TPSA) is 70.7 Å². The van der Waals surface area contributed by atoms with Crippen LogP contribution in [0.25, 0.3) is 0 Å². The lowest BCUT2D eigenvalue weighted by Gasteiger charge is -2.10. The maximum Gasteiger partial charge on any atom is 0.419 e. The van der Waals surface area contributed by atoms with E-state index < -0.39 is 23.5 Å². The Morgan fingerprint density at radius 2 is 2.10 bits per heavy atom. The number of rotatable bonds is 3. The second-order valence-electron chi connectivity index (χ2n) is 4.21. The van der Waals surface area contributed by atoms with Crippen molar-refractivity contribution in [3.8, 4) is 0 Å². The molecular weight excluding hydrogens is 292 g/mol. The molecule has 0 unspecified atom stereocenters. The lowest BCUT2D eigenvalue weighted by Crippen LogP contribution is -2.24. The Balaban J connectivity index is 2.12. The van der Waals surface area contributed by atoms with Crippen LogP contribution in [0.3, 0.4) is 0 Å². The fourth-order valence-electron chi connectivity index (χ4n) is 1.61. The molecule has 0 radical (unpaired) electrons. The molecule has 112 valence electrons. The predicted molar refractivity (Wildman–Crippen MR) is 63.7 cm³/mol. The summed E-state index contributed by atoms with van der Waals surface area (Å²) in [6.45, 7) is 1.61. The zero-order valence-corrected chi connectivity index (χ0v) is 10.8. The van der Waals surface area contributed by atoms with Crippen molar-refractivity contribution in [2.24, 2.45) is 0 Å². The fourth-order valence-corrected chi connectivity index (χ4v) is 1.61. The van der Waals surface area contributed by atoms with Crippen LogP contribution in [0.5, 0.6) is 0 Å². The molecule has 2 rings (SSSR count). The summed E-state index contributed by atoms with van der Waals surface area (Å²) in [5.41, 5.74) is -1.78. The normalized spacial score (nSPS) is 11.5. The quantitative estimate of drug-likeness (QED) is 0.854. The van der Waals surface area contributed by atoms with Crippen molar-refractivity contribution in [2.75, 3.05) is 0 Å². The summed E-state index contributed by atoms with van der Waals surface area (Å²) in [7, 11) is 0. The lowest BCUT2D eigenvalue weighted by atomic mass is 10.1. The zero-order chi connectivity index (χ0) is 15.6. The largest absolute Gasteiger partial charge is 0.419 e. The highest BCUT2D eigenvalue weighted by molar-refractivity contribution is 5.94. The van der Waals surface area contributed by atoms with Gasteiger partial charge in [0.1, 0.15) is 11.6 Å². The van der Waals surface area contributed by atoms with Gasteiger partial charge in [-0.25, -0.2) is 9.37 Å². The molecule has 0 fully saturated rings. The van der Waals surface area contributed by atoms with E-state index in [1.54, 1.807) is 6.92 Å². The fraction of sp³-hybridized carbons (Fsp3) is 0.250. The molecular formula is C12H10F4N4O. The number of H-pyrrole nitrogens is 1. The Bertz CT molecular complexity index is 666. The van der Waals surface area contributed by atoms with E-state index in [4.69, 9.17) is 0 Å². The Hall–Kier alpha value is -2.45. The molecule has 0 aliphatic rings. The average molecular weight is 302 g/mol. The Morgan fingerprint density at radius 3 is 2.67 bits per heavy atom. The number of carbonyl (C=O) groups is 1. The number of halogens is 4. The minimum absolute atomic E-state index is 0.0537. The first kappa shape index (κ1) is 14.9. The summed E-state index contributed by atoms with van der Waals surface area (Å²) < 4.78 is 50.8. The molecule has 0 saturated heterocycles. The maximum absolute atomic E-state index is 13.1. The summed E-state index contributed by atoms with van der Waals surface area (Å²) in [4.78, 5) is 15.7. The van der Waals surface area contributed by atoms with Crippen LogP contribution in [-0.4, -0.2) is 21.1 Å². The summed E-state index contributed by atoms with van der Waals surface area (Å²) in [5.74, 6) is -1.37. The second kappa shape index (κ2) is 5.51. The van der Waals surface area contributed by atoms with Crippen LogP contribution >= 0.6 is 0 Å². The second-order valence-corrected chi connectivity index (χ2v) is 4.21. The molecule has 0 saturated carbocycles. The Morgan fingerprint density at radius 1 is 1.38 bits per heavy atom. The first-order valence-corrected chi connectivity index (χ1v) is 5.80. The van der Waals surface area contributed by atoms with E-state index in [2.05, 4.69) is 20.5 Å². The first-order chi connectivity index (χ1) is 9.77. The maximum atomic E-state index is 13.1. The molecule has 1 heterocycles. The van der Waals surface area contributed by atoms with Crippen molar-refractivity contribution >= 4 is 5.91 Å². The van der Waals surface area contributed by atoms with Crippen molar-refractivity contribution in [3.63, 3.8) is 0 Å². The minimum Gasteiger partial charge on any atom is -0.345 e. The van der Waals surface area contributed by atoms with Crippen LogP contribution in [-0.2, 0) is 12.7 Å². The number of hydrogen-bond donors (Lipinski definition) is 2. The van der Waals surface area contributed by atoms with Gasteiger partial charge in [0.15, 0.2) is 5.82 Å². The van der Waals surface area contributed by atoms with Gasteiger partial charge in [-0.05, 0) is 25.1 Å². The van der Waals surface area contributed by atoms with Crippen LogP contribution in [0.1, 0.15) is 27.6 Å². The summed E-state index contributed by atoms with van der Waals surface area (Å²) in [5, 5.41) is 8.67. The van der Waals surface area contributed by atoms with Crippen molar-refractivity contribution in [1.82, 2.24) is 20.5 Å². The molecule has 0 bridgehead atoms. The third-order valence-corrected chi connectivity index (χ3v) is 2.58. The summed E-state index contributed by atoms with van der Waals surface area (Å²) >= 11 is 0. The Labute approximate surface area is 116 Å². The van der Waals surface area contributed by atoms with Crippen LogP contribution in [0, 0.1) is 12.7 Å². The highest BCUT2D eigenvalue weighted by Gasteiger charge is 2.34. The Kier molecular flexibility index (Phi) is 3.92. The monoisotopic (exact) mass is 302 g/mol. The van der Waals surface area contributed by atoms with E-state index >= 15 is 0 Å². The van der Waals surface area contributed by atoms with Crippen molar-refractivity contribution < 1.29 is 22.4 Å². The molecule has 0 atom stereocenters. The molecule has 5 nitrogen and oxygen atoms in total. The van der Waals surface area contributed by atoms with Gasteiger partial charge in [-0.2, -0.15) is 18.3 Å². The minimum atomic E-state index is -4.86. The molecule has 1 aromatic carbocycles. The third-order valence-electron chi connectivity index (χ3n) is 2.58. The summed E-state index contributed by atoms with van der Waals surface area (Å²) in [6.07, 6.45) is -4.86. The summed E-state index contributed by atoms with van der Waals surface area (Å²) in [6, 6.07) is 2.05. The van der Waals surface area contributed by atoms with Crippen LogP contribution in [0.2, 0.25) is 0 Å². The van der Waals surface area contributed by atoms with Crippen molar-refractivity contribution in [2.45, 2.75) is 19.6 Å². The number of hydrogen-bond acceptors (Lipinski definition) is 3. The first-order valence-electron chi connectivity index (χ1n) is 5.80. The molecule has 2 N–H and O–H groups in total. The molecule has 0 aliphatic carbocycles. The van der Waals surface area contributed by atoms with Gasteiger partial charge in [-0.15, -0.1) is 0 Å². The SMILES string of the molecule is Cc1nc(CNC(=O)c2ccc(F)c(C(F)(F)F)c2)n[nH]1. The number of aromatic amines is 1. The van der Waals surface area contributed by atoms with Gasteiger partial charge >= 0.3 is 6.18 Å². The number of benzene rings is 1. The third kappa shape index (κ3) is 3.56. The van der Waals surface area contributed by atoms with E-state index in [0.29, 0.717) is 23.8 Å². The average Bonchev–Trinajstić information content (AvgIpc) is 2.81. The number of nitrogens with one attached hydrogen (secondary N) is 2. The van der Waals surface area contributed by atoms with E-state index in [9.17, 15) is 22.4 Å². The van der Waals surface area contributed by atoms with Gasteiger partial charge in [-0.3, -0.25) is 9.89 Å². The molecule has 1 aromatic heterocycles. The van der Waals surface area contributed by atoms with E-state index in [1.165, 1.54) is 0 Å². The molecule has 9 heteroatoms. The van der Waals surface area contributed by atoms with E-state index in [0.717, 1.165) is 6.07 Å². The number of aromatic nitrogens is 3. The van der Waals surface area contributed by atoms with Crippen molar-refractivity contribution in [1.29, 1.82) is 0 Å². The highest BCUT2D eigenvalue weighted by atomic mass is 19.4. The van der Waals surface area contributed by atoms with E-state index in [1.807, 2.05) is 0 Å².